The molecule has 1 unspecified atom stereocenters. The first-order valence-corrected chi connectivity index (χ1v) is 11.1. The van der Waals surface area contributed by atoms with Gasteiger partial charge in [0.25, 0.3) is 0 Å². The molecule has 0 aliphatic carbocycles. The van der Waals surface area contributed by atoms with Crippen molar-refractivity contribution in [2.45, 2.75) is 46.3 Å². The van der Waals surface area contributed by atoms with Crippen LogP contribution in [0.4, 0.5) is 5.69 Å². The maximum atomic E-state index is 5.95. The summed E-state index contributed by atoms with van der Waals surface area (Å²) in [6.45, 7) is 14.5. The molecule has 0 amide bonds. The summed E-state index contributed by atoms with van der Waals surface area (Å²) in [6.07, 6.45) is 1.20. The largest absolute Gasteiger partial charge is 0.491 e. The van der Waals surface area contributed by atoms with Gasteiger partial charge in [-0.25, -0.2) is 0 Å². The minimum absolute atomic E-state index is 0.122. The zero-order valence-corrected chi connectivity index (χ0v) is 19.3. The van der Waals surface area contributed by atoms with Gasteiger partial charge in [-0.15, -0.1) is 0 Å². The average molecular weight is 421 g/mol. The Morgan fingerprint density at radius 1 is 1.23 bits per heavy atom. The molecule has 7 heteroatoms. The second-order valence-electron chi connectivity index (χ2n) is 8.42. The van der Waals surface area contributed by atoms with E-state index in [0.29, 0.717) is 12.5 Å². The van der Waals surface area contributed by atoms with Crippen molar-refractivity contribution in [3.05, 3.63) is 24.3 Å². The Morgan fingerprint density at radius 3 is 2.67 bits per heavy atom. The fraction of sp³-hybridized carbons (Fsp3) is 0.696. The van der Waals surface area contributed by atoms with Crippen molar-refractivity contribution in [3.63, 3.8) is 0 Å². The molecule has 2 N–H and O–H groups in total. The molecular formula is C23H40N4O3. The van der Waals surface area contributed by atoms with Gasteiger partial charge in [-0.1, -0.05) is 13.8 Å². The Morgan fingerprint density at radius 2 is 2.00 bits per heavy atom. The Kier molecular flexibility index (Phi) is 11.0. The van der Waals surface area contributed by atoms with Gasteiger partial charge in [0.15, 0.2) is 5.96 Å². The highest BCUT2D eigenvalue weighted by Crippen LogP contribution is 2.17. The molecule has 1 heterocycles. The topological polar surface area (TPSA) is 67.4 Å². The monoisotopic (exact) mass is 420 g/mol. The molecule has 0 aromatic heterocycles. The lowest BCUT2D eigenvalue weighted by atomic mass is 10.2. The summed E-state index contributed by atoms with van der Waals surface area (Å²) in [6, 6.07) is 7.95. The summed E-state index contributed by atoms with van der Waals surface area (Å²) in [4.78, 5) is 7.27. The predicted octanol–water partition coefficient (Wildman–Crippen LogP) is 3.22. The van der Waals surface area contributed by atoms with Gasteiger partial charge in [0.2, 0.25) is 0 Å². The van der Waals surface area contributed by atoms with Gasteiger partial charge in [0, 0.05) is 45.6 Å². The van der Waals surface area contributed by atoms with Crippen LogP contribution < -0.4 is 15.4 Å². The average Bonchev–Trinajstić information content (AvgIpc) is 2.70. The molecule has 1 aliphatic heterocycles. The third-order valence-electron chi connectivity index (χ3n) is 4.61. The second kappa shape index (κ2) is 13.5. The summed E-state index contributed by atoms with van der Waals surface area (Å²) in [5.74, 6) is 2.28. The first-order valence-electron chi connectivity index (χ1n) is 11.1. The number of hydrogen-bond donors (Lipinski definition) is 2. The molecule has 1 aliphatic rings. The minimum atomic E-state index is 0.122. The molecule has 30 heavy (non-hydrogen) atoms. The van der Waals surface area contributed by atoms with Gasteiger partial charge in [-0.3, -0.25) is 9.89 Å². The number of morpholine rings is 1. The molecule has 1 aromatic rings. The molecule has 2 rings (SSSR count). The number of aliphatic imine (C=N–C) groups is 1. The maximum Gasteiger partial charge on any atom is 0.195 e. The van der Waals surface area contributed by atoms with Crippen LogP contribution in [0.3, 0.4) is 0 Å². The summed E-state index contributed by atoms with van der Waals surface area (Å²) >= 11 is 0. The Bertz CT molecular complexity index is 619. The molecule has 1 saturated heterocycles. The van der Waals surface area contributed by atoms with Crippen LogP contribution in [-0.2, 0) is 9.47 Å². The van der Waals surface area contributed by atoms with Crippen LogP contribution >= 0.6 is 0 Å². The number of anilines is 1. The zero-order chi connectivity index (χ0) is 21.8. The van der Waals surface area contributed by atoms with Crippen molar-refractivity contribution in [1.29, 1.82) is 0 Å². The van der Waals surface area contributed by atoms with Gasteiger partial charge < -0.3 is 24.8 Å². The maximum absolute atomic E-state index is 5.95. The first kappa shape index (κ1) is 24.4. The van der Waals surface area contributed by atoms with Crippen LogP contribution in [0, 0.1) is 5.92 Å². The number of ether oxygens (including phenoxy) is 3. The van der Waals surface area contributed by atoms with E-state index in [-0.39, 0.29) is 12.2 Å². The number of guanidine groups is 1. The van der Waals surface area contributed by atoms with Crippen LogP contribution in [0.1, 0.15) is 34.1 Å². The van der Waals surface area contributed by atoms with Crippen molar-refractivity contribution in [1.82, 2.24) is 10.2 Å². The van der Waals surface area contributed by atoms with Crippen LogP contribution in [0.5, 0.6) is 5.75 Å². The number of benzene rings is 1. The molecule has 1 fully saturated rings. The molecule has 0 spiro atoms. The van der Waals surface area contributed by atoms with Crippen molar-refractivity contribution < 1.29 is 14.2 Å². The van der Waals surface area contributed by atoms with E-state index in [1.807, 2.05) is 38.1 Å². The van der Waals surface area contributed by atoms with Crippen molar-refractivity contribution in [2.24, 2.45) is 10.9 Å². The standard InChI is InChI=1S/C23H40N4O3/c1-18(2)16-27-12-14-29-22(17-27)15-25-23(24-11-6-13-28-5)26-20-7-9-21(10-8-20)30-19(3)4/h7-10,18-19,22H,6,11-17H2,1-5H3,(H2,24,25,26). The van der Waals surface area contributed by atoms with E-state index in [4.69, 9.17) is 19.2 Å². The molecule has 170 valence electrons. The fourth-order valence-corrected chi connectivity index (χ4v) is 3.35. The third-order valence-corrected chi connectivity index (χ3v) is 4.61. The number of nitrogens with zero attached hydrogens (tertiary/aromatic N) is 2. The number of hydrogen-bond acceptors (Lipinski definition) is 5. The van der Waals surface area contributed by atoms with E-state index in [1.165, 1.54) is 0 Å². The van der Waals surface area contributed by atoms with E-state index in [0.717, 1.165) is 63.2 Å². The Labute approximate surface area is 182 Å². The summed E-state index contributed by atoms with van der Waals surface area (Å²) < 4.78 is 16.8. The van der Waals surface area contributed by atoms with Gasteiger partial charge in [0.05, 0.1) is 25.4 Å². The van der Waals surface area contributed by atoms with E-state index in [9.17, 15) is 0 Å². The van der Waals surface area contributed by atoms with Gasteiger partial charge in [-0.05, 0) is 50.5 Å². The van der Waals surface area contributed by atoms with E-state index in [2.05, 4.69) is 29.4 Å². The molecule has 1 atom stereocenters. The summed E-state index contributed by atoms with van der Waals surface area (Å²) in [5, 5.41) is 6.78. The lowest BCUT2D eigenvalue weighted by Crippen LogP contribution is -2.45. The highest BCUT2D eigenvalue weighted by Gasteiger charge is 2.20. The lowest BCUT2D eigenvalue weighted by molar-refractivity contribution is -0.0261. The van der Waals surface area contributed by atoms with Crippen LogP contribution in [0.2, 0.25) is 0 Å². The molecule has 1 aromatic carbocycles. The highest BCUT2D eigenvalue weighted by atomic mass is 16.5. The fourth-order valence-electron chi connectivity index (χ4n) is 3.35. The summed E-state index contributed by atoms with van der Waals surface area (Å²) in [7, 11) is 1.72. The Hall–Kier alpha value is -1.83. The summed E-state index contributed by atoms with van der Waals surface area (Å²) in [5.41, 5.74) is 0.968. The zero-order valence-electron chi connectivity index (χ0n) is 19.3. The van der Waals surface area contributed by atoms with E-state index < -0.39 is 0 Å². The quantitative estimate of drug-likeness (QED) is 0.325. The Balaban J connectivity index is 1.95. The molecule has 0 bridgehead atoms. The van der Waals surface area contributed by atoms with Crippen molar-refractivity contribution in [3.8, 4) is 5.75 Å². The predicted molar refractivity (Wildman–Crippen MR) is 124 cm³/mol. The molecular weight excluding hydrogens is 380 g/mol. The lowest BCUT2D eigenvalue weighted by Gasteiger charge is -2.33. The minimum Gasteiger partial charge on any atom is -0.491 e. The first-order chi connectivity index (χ1) is 14.5. The highest BCUT2D eigenvalue weighted by molar-refractivity contribution is 5.93. The second-order valence-corrected chi connectivity index (χ2v) is 8.42. The molecule has 7 nitrogen and oxygen atoms in total. The number of nitrogens with one attached hydrogen (secondary N) is 2. The molecule has 0 saturated carbocycles. The van der Waals surface area contributed by atoms with Crippen molar-refractivity contribution in [2.75, 3.05) is 58.4 Å². The van der Waals surface area contributed by atoms with Gasteiger partial charge in [0.1, 0.15) is 5.75 Å². The van der Waals surface area contributed by atoms with E-state index in [1.54, 1.807) is 7.11 Å². The number of rotatable bonds is 11. The molecule has 0 radical (unpaired) electrons. The third kappa shape index (κ3) is 9.78. The van der Waals surface area contributed by atoms with Gasteiger partial charge in [-0.2, -0.15) is 0 Å². The van der Waals surface area contributed by atoms with Crippen molar-refractivity contribution >= 4 is 11.6 Å². The van der Waals surface area contributed by atoms with E-state index >= 15 is 0 Å². The smallest absolute Gasteiger partial charge is 0.195 e. The number of methoxy groups -OCH3 is 1. The SMILES string of the molecule is COCCCNC(=NCC1CN(CC(C)C)CCO1)Nc1ccc(OC(C)C)cc1. The van der Waals surface area contributed by atoms with Crippen LogP contribution in [0.25, 0.3) is 0 Å². The van der Waals surface area contributed by atoms with Crippen LogP contribution in [0.15, 0.2) is 29.3 Å². The van der Waals surface area contributed by atoms with Crippen LogP contribution in [-0.4, -0.2) is 76.1 Å². The van der Waals surface area contributed by atoms with Gasteiger partial charge >= 0.3 is 0 Å². The normalized spacial score (nSPS) is 18.1.